The molecule has 0 aromatic heterocycles. The molecule has 0 saturated heterocycles. The van der Waals surface area contributed by atoms with Crippen LogP contribution in [0.4, 0.5) is 10.5 Å². The number of nitrogens with zero attached hydrogens (tertiary/aromatic N) is 1. The van der Waals surface area contributed by atoms with Gasteiger partial charge in [0, 0.05) is 30.3 Å². The van der Waals surface area contributed by atoms with Crippen molar-refractivity contribution >= 4 is 17.7 Å². The standard InChI is InChI=1S/C18H18N2O3/c1-20(14-5-3-2-4-6-14)17(21)13-9-7-12(8-10-13)15-11-16(15)19-18(22)23/h2-10,15-16,19H,11H2,1H3,(H,22,23). The molecule has 2 atom stereocenters. The van der Waals surface area contributed by atoms with Crippen LogP contribution in [0.2, 0.25) is 0 Å². The average molecular weight is 310 g/mol. The predicted molar refractivity (Wildman–Crippen MR) is 87.9 cm³/mol. The fourth-order valence-corrected chi connectivity index (χ4v) is 2.72. The van der Waals surface area contributed by atoms with E-state index in [1.165, 1.54) is 0 Å². The minimum absolute atomic E-state index is 0.0129. The monoisotopic (exact) mass is 310 g/mol. The number of amides is 2. The molecule has 2 aromatic carbocycles. The van der Waals surface area contributed by atoms with Gasteiger partial charge in [0.05, 0.1) is 0 Å². The van der Waals surface area contributed by atoms with Gasteiger partial charge in [-0.05, 0) is 36.2 Å². The number of para-hydroxylation sites is 1. The third-order valence-electron chi connectivity index (χ3n) is 4.13. The van der Waals surface area contributed by atoms with E-state index in [1.807, 2.05) is 42.5 Å². The first-order valence-corrected chi connectivity index (χ1v) is 7.49. The van der Waals surface area contributed by atoms with Gasteiger partial charge in [-0.15, -0.1) is 0 Å². The summed E-state index contributed by atoms with van der Waals surface area (Å²) < 4.78 is 0. The van der Waals surface area contributed by atoms with Crippen molar-refractivity contribution in [2.75, 3.05) is 11.9 Å². The van der Waals surface area contributed by atoms with Crippen molar-refractivity contribution in [1.82, 2.24) is 5.32 Å². The van der Waals surface area contributed by atoms with Gasteiger partial charge in [-0.1, -0.05) is 30.3 Å². The first kappa shape index (κ1) is 15.1. The highest BCUT2D eigenvalue weighted by molar-refractivity contribution is 6.05. The zero-order chi connectivity index (χ0) is 16.4. The summed E-state index contributed by atoms with van der Waals surface area (Å²) in [7, 11) is 1.75. The molecule has 0 bridgehead atoms. The largest absolute Gasteiger partial charge is 0.465 e. The number of carbonyl (C=O) groups excluding carboxylic acids is 1. The molecule has 3 rings (SSSR count). The summed E-state index contributed by atoms with van der Waals surface area (Å²) in [5.74, 6) is 0.140. The van der Waals surface area contributed by atoms with E-state index < -0.39 is 6.09 Å². The first-order valence-electron chi connectivity index (χ1n) is 7.49. The number of hydrogen-bond donors (Lipinski definition) is 2. The van der Waals surface area contributed by atoms with Crippen molar-refractivity contribution < 1.29 is 14.7 Å². The number of carboxylic acid groups (broad SMARTS) is 1. The third kappa shape index (κ3) is 3.34. The third-order valence-corrected chi connectivity index (χ3v) is 4.13. The second-order valence-corrected chi connectivity index (χ2v) is 5.72. The lowest BCUT2D eigenvalue weighted by Gasteiger charge is -2.17. The Morgan fingerprint density at radius 2 is 1.74 bits per heavy atom. The summed E-state index contributed by atoms with van der Waals surface area (Å²) in [6, 6.07) is 16.9. The second kappa shape index (κ2) is 6.12. The van der Waals surface area contributed by atoms with Crippen molar-refractivity contribution in [1.29, 1.82) is 0 Å². The number of anilines is 1. The van der Waals surface area contributed by atoms with Crippen molar-refractivity contribution in [3.63, 3.8) is 0 Å². The maximum absolute atomic E-state index is 12.5. The SMILES string of the molecule is CN(C(=O)c1ccc(C2CC2NC(=O)O)cc1)c1ccccc1. The molecule has 1 saturated carbocycles. The molecule has 1 aliphatic rings. The molecule has 0 aliphatic heterocycles. The molecule has 0 spiro atoms. The van der Waals surface area contributed by atoms with E-state index in [0.717, 1.165) is 17.7 Å². The molecule has 5 heteroatoms. The lowest BCUT2D eigenvalue weighted by atomic mass is 10.1. The van der Waals surface area contributed by atoms with E-state index in [2.05, 4.69) is 5.32 Å². The molecule has 1 fully saturated rings. The van der Waals surface area contributed by atoms with E-state index in [0.29, 0.717) is 5.56 Å². The van der Waals surface area contributed by atoms with E-state index in [-0.39, 0.29) is 17.9 Å². The van der Waals surface area contributed by atoms with Gasteiger partial charge >= 0.3 is 6.09 Å². The van der Waals surface area contributed by atoms with Crippen LogP contribution < -0.4 is 10.2 Å². The summed E-state index contributed by atoms with van der Waals surface area (Å²) in [5, 5.41) is 11.2. The highest BCUT2D eigenvalue weighted by atomic mass is 16.4. The molecule has 2 N–H and O–H groups in total. The van der Waals surface area contributed by atoms with E-state index in [1.54, 1.807) is 24.1 Å². The summed E-state index contributed by atoms with van der Waals surface area (Å²) in [4.78, 5) is 24.7. The first-order chi connectivity index (χ1) is 11.1. The van der Waals surface area contributed by atoms with Crippen LogP contribution >= 0.6 is 0 Å². The van der Waals surface area contributed by atoms with Crippen LogP contribution in [0.5, 0.6) is 0 Å². The van der Waals surface area contributed by atoms with Crippen molar-refractivity contribution in [3.8, 4) is 0 Å². The molecule has 2 unspecified atom stereocenters. The maximum atomic E-state index is 12.5. The Morgan fingerprint density at radius 3 is 2.35 bits per heavy atom. The van der Waals surface area contributed by atoms with E-state index >= 15 is 0 Å². The molecule has 118 valence electrons. The van der Waals surface area contributed by atoms with Crippen molar-refractivity contribution in [3.05, 3.63) is 65.7 Å². The Bertz CT molecular complexity index is 713. The van der Waals surface area contributed by atoms with Gasteiger partial charge < -0.3 is 15.3 Å². The van der Waals surface area contributed by atoms with E-state index in [9.17, 15) is 9.59 Å². The Hall–Kier alpha value is -2.82. The molecule has 2 amide bonds. The van der Waals surface area contributed by atoms with E-state index in [4.69, 9.17) is 5.11 Å². The number of hydrogen-bond acceptors (Lipinski definition) is 2. The molecule has 0 heterocycles. The van der Waals surface area contributed by atoms with Crippen molar-refractivity contribution in [2.45, 2.75) is 18.4 Å². The van der Waals surface area contributed by atoms with Gasteiger partial charge in [0.15, 0.2) is 0 Å². The normalized spacial score (nSPS) is 19.0. The molecule has 0 radical (unpaired) electrons. The fraction of sp³-hybridized carbons (Fsp3) is 0.222. The maximum Gasteiger partial charge on any atom is 0.404 e. The minimum atomic E-state index is -0.992. The lowest BCUT2D eigenvalue weighted by molar-refractivity contribution is 0.0993. The molecule has 1 aliphatic carbocycles. The molecule has 5 nitrogen and oxygen atoms in total. The summed E-state index contributed by atoms with van der Waals surface area (Å²) in [5.41, 5.74) is 2.51. The molecular formula is C18H18N2O3. The lowest BCUT2D eigenvalue weighted by Crippen LogP contribution is -2.26. The van der Waals surface area contributed by atoms with Crippen LogP contribution in [-0.4, -0.2) is 30.2 Å². The van der Waals surface area contributed by atoms with Gasteiger partial charge in [-0.3, -0.25) is 4.79 Å². The molecule has 23 heavy (non-hydrogen) atoms. The quantitative estimate of drug-likeness (QED) is 0.911. The minimum Gasteiger partial charge on any atom is -0.465 e. The van der Waals surface area contributed by atoms with Crippen LogP contribution in [-0.2, 0) is 0 Å². The number of rotatable bonds is 4. The zero-order valence-electron chi connectivity index (χ0n) is 12.8. The second-order valence-electron chi connectivity index (χ2n) is 5.72. The topological polar surface area (TPSA) is 69.6 Å². The Labute approximate surface area is 134 Å². The van der Waals surface area contributed by atoms with Gasteiger partial charge in [0.1, 0.15) is 0 Å². The fourth-order valence-electron chi connectivity index (χ4n) is 2.72. The van der Waals surface area contributed by atoms with Crippen molar-refractivity contribution in [2.24, 2.45) is 0 Å². The van der Waals surface area contributed by atoms with Gasteiger partial charge in [-0.2, -0.15) is 0 Å². The van der Waals surface area contributed by atoms with Crippen LogP contribution in [0.15, 0.2) is 54.6 Å². The van der Waals surface area contributed by atoms with Gasteiger partial charge in [0.2, 0.25) is 0 Å². The number of benzene rings is 2. The Balaban J connectivity index is 1.68. The zero-order valence-corrected chi connectivity index (χ0v) is 12.8. The molecule has 2 aromatic rings. The highest BCUT2D eigenvalue weighted by Crippen LogP contribution is 2.40. The highest BCUT2D eigenvalue weighted by Gasteiger charge is 2.39. The average Bonchev–Trinajstić information content (AvgIpc) is 3.33. The summed E-state index contributed by atoms with van der Waals surface area (Å²) in [6.07, 6.45) is -0.183. The summed E-state index contributed by atoms with van der Waals surface area (Å²) in [6.45, 7) is 0. The van der Waals surface area contributed by atoms with Crippen LogP contribution in [0, 0.1) is 0 Å². The van der Waals surface area contributed by atoms with Crippen LogP contribution in [0.3, 0.4) is 0 Å². The molecular weight excluding hydrogens is 292 g/mol. The number of carbonyl (C=O) groups is 2. The Morgan fingerprint density at radius 1 is 1.09 bits per heavy atom. The number of nitrogens with one attached hydrogen (secondary N) is 1. The summed E-state index contributed by atoms with van der Waals surface area (Å²) >= 11 is 0. The van der Waals surface area contributed by atoms with Gasteiger partial charge in [-0.25, -0.2) is 4.79 Å². The smallest absolute Gasteiger partial charge is 0.404 e. The predicted octanol–water partition coefficient (Wildman–Crippen LogP) is 3.09. The Kier molecular flexibility index (Phi) is 4.02. The van der Waals surface area contributed by atoms with Gasteiger partial charge in [0.25, 0.3) is 5.91 Å². The van der Waals surface area contributed by atoms with Crippen LogP contribution in [0.25, 0.3) is 0 Å². The van der Waals surface area contributed by atoms with Crippen LogP contribution in [0.1, 0.15) is 28.3 Å².